The number of nitrogens with one attached hydrogen (secondary N) is 1. The molecule has 19 heavy (non-hydrogen) atoms. The summed E-state index contributed by atoms with van der Waals surface area (Å²) in [6.07, 6.45) is 0.304. The standard InChI is InChI=1S/C11H12F3N5/c1-2-15-3-8-4-16-10(17-5-8)19-7-9(6-18-19)11(12,13)14/h4-7,15H,2-3H2,1H3. The summed E-state index contributed by atoms with van der Waals surface area (Å²) in [5.74, 6) is 0.107. The van der Waals surface area contributed by atoms with E-state index in [1.807, 2.05) is 6.92 Å². The first-order valence-corrected chi connectivity index (χ1v) is 5.64. The van der Waals surface area contributed by atoms with Crippen LogP contribution in [0.4, 0.5) is 13.2 Å². The molecule has 0 bridgehead atoms. The average molecular weight is 271 g/mol. The summed E-state index contributed by atoms with van der Waals surface area (Å²) >= 11 is 0. The second-order valence-corrected chi connectivity index (χ2v) is 3.84. The highest BCUT2D eigenvalue weighted by Crippen LogP contribution is 2.28. The van der Waals surface area contributed by atoms with Crippen molar-refractivity contribution in [1.82, 2.24) is 25.1 Å². The second-order valence-electron chi connectivity index (χ2n) is 3.84. The van der Waals surface area contributed by atoms with Crippen molar-refractivity contribution in [2.45, 2.75) is 19.6 Å². The lowest BCUT2D eigenvalue weighted by molar-refractivity contribution is -0.137. The maximum absolute atomic E-state index is 12.4. The number of aromatic nitrogens is 4. The summed E-state index contributed by atoms with van der Waals surface area (Å²) in [4.78, 5) is 7.96. The summed E-state index contributed by atoms with van der Waals surface area (Å²) in [6.45, 7) is 3.40. The Balaban J connectivity index is 2.16. The second kappa shape index (κ2) is 5.35. The van der Waals surface area contributed by atoms with Crippen LogP contribution in [0.15, 0.2) is 24.8 Å². The number of alkyl halides is 3. The van der Waals surface area contributed by atoms with E-state index in [-0.39, 0.29) is 5.95 Å². The van der Waals surface area contributed by atoms with Crippen molar-refractivity contribution in [3.63, 3.8) is 0 Å². The van der Waals surface area contributed by atoms with Gasteiger partial charge in [-0.05, 0) is 6.54 Å². The van der Waals surface area contributed by atoms with Crippen LogP contribution in [0.3, 0.4) is 0 Å². The Bertz CT molecular complexity index is 532. The van der Waals surface area contributed by atoms with Crippen LogP contribution in [0.5, 0.6) is 0 Å². The Hall–Kier alpha value is -1.96. The van der Waals surface area contributed by atoms with Gasteiger partial charge in [0.25, 0.3) is 0 Å². The van der Waals surface area contributed by atoms with Gasteiger partial charge in [0.1, 0.15) is 0 Å². The molecule has 2 aromatic heterocycles. The van der Waals surface area contributed by atoms with Crippen molar-refractivity contribution in [3.05, 3.63) is 35.9 Å². The van der Waals surface area contributed by atoms with Crippen molar-refractivity contribution in [3.8, 4) is 5.95 Å². The van der Waals surface area contributed by atoms with Crippen molar-refractivity contribution < 1.29 is 13.2 Å². The number of hydrogen-bond acceptors (Lipinski definition) is 4. The summed E-state index contributed by atoms with van der Waals surface area (Å²) < 4.78 is 38.3. The van der Waals surface area contributed by atoms with Gasteiger partial charge < -0.3 is 5.32 Å². The zero-order valence-electron chi connectivity index (χ0n) is 10.1. The van der Waals surface area contributed by atoms with Gasteiger partial charge in [0.2, 0.25) is 5.95 Å². The first-order valence-electron chi connectivity index (χ1n) is 5.64. The van der Waals surface area contributed by atoms with Gasteiger partial charge in [-0.1, -0.05) is 6.92 Å². The normalized spacial score (nSPS) is 11.8. The van der Waals surface area contributed by atoms with Crippen LogP contribution in [-0.2, 0) is 12.7 Å². The van der Waals surface area contributed by atoms with Gasteiger partial charge in [-0.2, -0.15) is 18.3 Å². The Morgan fingerprint density at radius 3 is 2.42 bits per heavy atom. The fraction of sp³-hybridized carbons (Fsp3) is 0.364. The summed E-state index contributed by atoms with van der Waals surface area (Å²) in [6, 6.07) is 0. The molecule has 2 rings (SSSR count). The summed E-state index contributed by atoms with van der Waals surface area (Å²) in [5, 5.41) is 6.70. The zero-order chi connectivity index (χ0) is 13.9. The zero-order valence-corrected chi connectivity index (χ0v) is 10.1. The fourth-order valence-electron chi connectivity index (χ4n) is 1.41. The topological polar surface area (TPSA) is 55.6 Å². The van der Waals surface area contributed by atoms with Crippen LogP contribution in [0.1, 0.15) is 18.1 Å². The highest BCUT2D eigenvalue weighted by molar-refractivity contribution is 5.18. The first-order chi connectivity index (χ1) is 9.00. The van der Waals surface area contributed by atoms with E-state index in [0.717, 1.165) is 29.2 Å². The molecule has 2 aromatic rings. The SMILES string of the molecule is CCNCc1cnc(-n2cc(C(F)(F)F)cn2)nc1. The lowest BCUT2D eigenvalue weighted by Crippen LogP contribution is -2.12. The molecule has 0 unspecified atom stereocenters. The predicted octanol–water partition coefficient (Wildman–Crippen LogP) is 1.79. The van der Waals surface area contributed by atoms with Gasteiger partial charge in [0.15, 0.2) is 0 Å². The van der Waals surface area contributed by atoms with Gasteiger partial charge in [-0.25, -0.2) is 14.6 Å². The van der Waals surface area contributed by atoms with Crippen LogP contribution in [0.2, 0.25) is 0 Å². The quantitative estimate of drug-likeness (QED) is 0.921. The highest BCUT2D eigenvalue weighted by Gasteiger charge is 2.32. The minimum absolute atomic E-state index is 0.107. The van der Waals surface area contributed by atoms with E-state index in [4.69, 9.17) is 0 Å². The molecule has 0 fully saturated rings. The molecule has 5 nitrogen and oxygen atoms in total. The van der Waals surface area contributed by atoms with E-state index in [1.165, 1.54) is 0 Å². The summed E-state index contributed by atoms with van der Waals surface area (Å²) in [5.41, 5.74) is 0.0293. The largest absolute Gasteiger partial charge is 0.419 e. The molecule has 8 heteroatoms. The molecular weight excluding hydrogens is 259 g/mol. The minimum atomic E-state index is -4.41. The van der Waals surface area contributed by atoms with E-state index in [1.54, 1.807) is 12.4 Å². The van der Waals surface area contributed by atoms with Crippen LogP contribution in [0.25, 0.3) is 5.95 Å². The van der Waals surface area contributed by atoms with Crippen molar-refractivity contribution in [1.29, 1.82) is 0 Å². The van der Waals surface area contributed by atoms with E-state index in [2.05, 4.69) is 20.4 Å². The third kappa shape index (κ3) is 3.28. The lowest BCUT2D eigenvalue weighted by atomic mass is 10.3. The van der Waals surface area contributed by atoms with Crippen molar-refractivity contribution in [2.75, 3.05) is 6.54 Å². The van der Waals surface area contributed by atoms with Gasteiger partial charge in [0.05, 0.1) is 11.8 Å². The minimum Gasteiger partial charge on any atom is -0.313 e. The monoisotopic (exact) mass is 271 g/mol. The third-order valence-electron chi connectivity index (χ3n) is 2.39. The maximum atomic E-state index is 12.4. The fourth-order valence-corrected chi connectivity index (χ4v) is 1.41. The molecule has 0 saturated heterocycles. The van der Waals surface area contributed by atoms with Crippen molar-refractivity contribution >= 4 is 0 Å². The molecule has 0 saturated carbocycles. The van der Waals surface area contributed by atoms with Crippen LogP contribution in [0, 0.1) is 0 Å². The molecular formula is C11H12F3N5. The number of halogens is 3. The molecule has 102 valence electrons. The molecule has 0 aliphatic heterocycles. The van der Waals surface area contributed by atoms with Crippen LogP contribution >= 0.6 is 0 Å². The smallest absolute Gasteiger partial charge is 0.313 e. The Morgan fingerprint density at radius 1 is 1.21 bits per heavy atom. The molecule has 1 N–H and O–H groups in total. The molecule has 0 radical (unpaired) electrons. The van der Waals surface area contributed by atoms with E-state index in [0.29, 0.717) is 6.54 Å². The maximum Gasteiger partial charge on any atom is 0.419 e. The van der Waals surface area contributed by atoms with Gasteiger partial charge in [-0.15, -0.1) is 0 Å². The van der Waals surface area contributed by atoms with E-state index in [9.17, 15) is 13.2 Å². The lowest BCUT2D eigenvalue weighted by Gasteiger charge is -2.03. The van der Waals surface area contributed by atoms with Crippen LogP contribution < -0.4 is 5.32 Å². The number of hydrogen-bond donors (Lipinski definition) is 1. The van der Waals surface area contributed by atoms with Gasteiger partial charge >= 0.3 is 6.18 Å². The van der Waals surface area contributed by atoms with Gasteiger partial charge in [0, 0.05) is 30.7 Å². The van der Waals surface area contributed by atoms with E-state index < -0.39 is 11.7 Å². The Morgan fingerprint density at radius 2 is 1.89 bits per heavy atom. The third-order valence-corrected chi connectivity index (χ3v) is 2.39. The van der Waals surface area contributed by atoms with Gasteiger partial charge in [-0.3, -0.25) is 0 Å². The first kappa shape index (κ1) is 13.5. The molecule has 0 amide bonds. The predicted molar refractivity (Wildman–Crippen MR) is 61.5 cm³/mol. The molecule has 0 aliphatic rings. The van der Waals surface area contributed by atoms with E-state index >= 15 is 0 Å². The number of nitrogens with zero attached hydrogens (tertiary/aromatic N) is 4. The highest BCUT2D eigenvalue weighted by atomic mass is 19.4. The summed E-state index contributed by atoms with van der Waals surface area (Å²) in [7, 11) is 0. The molecule has 0 atom stereocenters. The van der Waals surface area contributed by atoms with Crippen LogP contribution in [-0.4, -0.2) is 26.3 Å². The Kier molecular flexibility index (Phi) is 3.79. The molecule has 0 spiro atoms. The van der Waals surface area contributed by atoms with Crippen molar-refractivity contribution in [2.24, 2.45) is 0 Å². The Labute approximate surface area is 107 Å². The molecule has 0 aliphatic carbocycles. The average Bonchev–Trinajstić information content (AvgIpc) is 2.86. The molecule has 2 heterocycles. The number of rotatable bonds is 4. The molecule has 0 aromatic carbocycles.